The first kappa shape index (κ1) is 31.3. The van der Waals surface area contributed by atoms with Crippen molar-refractivity contribution in [2.75, 3.05) is 63.1 Å². The van der Waals surface area contributed by atoms with Gasteiger partial charge in [0.05, 0.1) is 5.52 Å². The number of allylic oxidation sites excluding steroid dienone is 1. The van der Waals surface area contributed by atoms with Crippen LogP contribution in [-0.4, -0.2) is 94.5 Å². The van der Waals surface area contributed by atoms with Gasteiger partial charge >= 0.3 is 0 Å². The quantitative estimate of drug-likeness (QED) is 0.202. The van der Waals surface area contributed by atoms with E-state index in [0.717, 1.165) is 49.0 Å². The number of likely N-dealkylation sites (tertiary alicyclic amines) is 1. The zero-order valence-electron chi connectivity index (χ0n) is 26.5. The molecule has 2 aliphatic heterocycles. The van der Waals surface area contributed by atoms with Crippen LogP contribution in [0.4, 0.5) is 17.3 Å². The number of hydrogen-bond acceptors (Lipinski definition) is 9. The van der Waals surface area contributed by atoms with Gasteiger partial charge in [0, 0.05) is 55.5 Å². The number of hydrogen-bond donors (Lipinski definition) is 3. The van der Waals surface area contributed by atoms with Gasteiger partial charge in [-0.15, -0.1) is 0 Å². The number of anilines is 3. The van der Waals surface area contributed by atoms with Gasteiger partial charge in [0.1, 0.15) is 29.3 Å². The number of amides is 1. The molecular formula is C33H45N9O2. The van der Waals surface area contributed by atoms with Crippen molar-refractivity contribution in [1.29, 1.82) is 0 Å². The number of piperidine rings is 1. The first-order valence-electron chi connectivity index (χ1n) is 15.4. The smallest absolute Gasteiger partial charge is 0.279 e. The number of nitrogens with one attached hydrogen (secondary N) is 1. The maximum Gasteiger partial charge on any atom is 0.279 e. The largest absolute Gasteiger partial charge is 0.512 e. The summed E-state index contributed by atoms with van der Waals surface area (Å²) in [6.07, 6.45) is 5.40. The normalized spacial score (nSPS) is 18.2. The number of aliphatic hydroxyl groups excluding tert-OH is 1. The van der Waals surface area contributed by atoms with Crippen LogP contribution in [0.3, 0.4) is 0 Å². The number of fused-ring (bicyclic) bond motifs is 1. The van der Waals surface area contributed by atoms with Gasteiger partial charge in [0.25, 0.3) is 5.91 Å². The van der Waals surface area contributed by atoms with Crippen LogP contribution in [0.15, 0.2) is 53.5 Å². The topological polar surface area (TPSA) is 136 Å². The molecule has 3 aromatic rings. The zero-order chi connectivity index (χ0) is 31.4. The first-order valence-corrected chi connectivity index (χ1v) is 15.4. The van der Waals surface area contributed by atoms with Crippen molar-refractivity contribution in [3.8, 4) is 0 Å². The minimum absolute atomic E-state index is 0.0508. The molecular weight excluding hydrogens is 554 g/mol. The Morgan fingerprint density at radius 3 is 2.52 bits per heavy atom. The number of pyridine rings is 1. The molecule has 2 fully saturated rings. The molecule has 0 atom stereocenters. The highest BCUT2D eigenvalue weighted by atomic mass is 16.3. The molecule has 1 aromatic carbocycles. The van der Waals surface area contributed by atoms with Gasteiger partial charge in [-0.3, -0.25) is 9.69 Å². The summed E-state index contributed by atoms with van der Waals surface area (Å²) in [5, 5.41) is 13.6. The zero-order valence-corrected chi connectivity index (χ0v) is 26.5. The molecule has 0 spiro atoms. The molecule has 0 saturated carbocycles. The maximum absolute atomic E-state index is 12.9. The summed E-state index contributed by atoms with van der Waals surface area (Å²) < 4.78 is 0. The molecule has 4 heterocycles. The second kappa shape index (κ2) is 13.3. The number of piperazine rings is 1. The van der Waals surface area contributed by atoms with Crippen LogP contribution >= 0.6 is 0 Å². The van der Waals surface area contributed by atoms with Crippen molar-refractivity contribution in [1.82, 2.24) is 24.8 Å². The third-order valence-electron chi connectivity index (χ3n) is 8.54. The van der Waals surface area contributed by atoms with Gasteiger partial charge in [-0.25, -0.2) is 15.0 Å². The summed E-state index contributed by atoms with van der Waals surface area (Å²) in [7, 11) is 2.21. The molecule has 0 aliphatic carbocycles. The fourth-order valence-electron chi connectivity index (χ4n) is 5.55. The third-order valence-corrected chi connectivity index (χ3v) is 8.54. The fourth-order valence-corrected chi connectivity index (χ4v) is 5.55. The van der Waals surface area contributed by atoms with E-state index in [0.29, 0.717) is 22.6 Å². The highest BCUT2D eigenvalue weighted by molar-refractivity contribution is 6.07. The fraction of sp³-hybridized carbons (Fsp3) is 0.485. The second-order valence-corrected chi connectivity index (χ2v) is 13.1. The number of carbonyl (C=O) groups is 1. The predicted molar refractivity (Wildman–Crippen MR) is 177 cm³/mol. The monoisotopic (exact) mass is 599 g/mol. The van der Waals surface area contributed by atoms with Crippen molar-refractivity contribution in [2.24, 2.45) is 22.1 Å². The van der Waals surface area contributed by atoms with Crippen LogP contribution in [0.25, 0.3) is 11.0 Å². The van der Waals surface area contributed by atoms with Gasteiger partial charge < -0.3 is 26.0 Å². The lowest BCUT2D eigenvalue weighted by molar-refractivity contribution is 0.100. The number of rotatable bonds is 7. The number of nitrogens with zero attached hydrogens (tertiary/aromatic N) is 7. The van der Waals surface area contributed by atoms with E-state index in [-0.39, 0.29) is 11.6 Å². The molecule has 5 rings (SSSR count). The first-order chi connectivity index (χ1) is 21.0. The van der Waals surface area contributed by atoms with Crippen molar-refractivity contribution >= 4 is 40.1 Å². The summed E-state index contributed by atoms with van der Waals surface area (Å²) in [4.78, 5) is 38.2. The summed E-state index contributed by atoms with van der Waals surface area (Å²) in [5.74, 6) is 1.75. The van der Waals surface area contributed by atoms with Gasteiger partial charge in [-0.05, 0) is 75.6 Å². The molecule has 0 radical (unpaired) electrons. The van der Waals surface area contributed by atoms with E-state index in [1.54, 1.807) is 12.1 Å². The number of aryl methyl sites for hydroxylation is 1. The number of aliphatic imine (C=N–C) groups is 1. The third kappa shape index (κ3) is 7.70. The highest BCUT2D eigenvalue weighted by Gasteiger charge is 2.24. The Bertz CT molecular complexity index is 1550. The maximum atomic E-state index is 12.9. The lowest BCUT2D eigenvalue weighted by atomic mass is 9.93. The van der Waals surface area contributed by atoms with Crippen LogP contribution in [0.5, 0.6) is 0 Å². The van der Waals surface area contributed by atoms with Crippen LogP contribution in [0.2, 0.25) is 0 Å². The van der Waals surface area contributed by atoms with Gasteiger partial charge in [-0.2, -0.15) is 4.99 Å². The number of amidine groups is 1. The van der Waals surface area contributed by atoms with E-state index in [4.69, 9.17) is 10.7 Å². The Morgan fingerprint density at radius 1 is 1.09 bits per heavy atom. The van der Waals surface area contributed by atoms with Gasteiger partial charge in [-0.1, -0.05) is 26.8 Å². The molecule has 2 aromatic heterocycles. The SMILES string of the molecule is Cc1ccc(C(=O)N=C(N)/C=C(\O)C(C)(C)C)cc1Nc1ncnc2ccc(N3CCN(CC4CCN(C)CC4)CC3)nc12. The van der Waals surface area contributed by atoms with E-state index in [1.807, 2.05) is 45.9 Å². The molecule has 4 N–H and O–H groups in total. The average molecular weight is 600 g/mol. The van der Waals surface area contributed by atoms with Crippen molar-refractivity contribution in [3.63, 3.8) is 0 Å². The Hall–Kier alpha value is -4.09. The Balaban J connectivity index is 1.30. The minimum atomic E-state index is -0.508. The molecule has 11 nitrogen and oxygen atoms in total. The predicted octanol–water partition coefficient (Wildman–Crippen LogP) is 4.53. The van der Waals surface area contributed by atoms with Crippen molar-refractivity contribution in [3.05, 3.63) is 59.6 Å². The Kier molecular flexibility index (Phi) is 9.45. The molecule has 1 amide bonds. The number of aromatic nitrogens is 3. The number of carbonyl (C=O) groups excluding carboxylic acids is 1. The van der Waals surface area contributed by atoms with E-state index < -0.39 is 11.3 Å². The van der Waals surface area contributed by atoms with Gasteiger partial charge in [0.2, 0.25) is 0 Å². The van der Waals surface area contributed by atoms with Crippen LogP contribution < -0.4 is 16.0 Å². The van der Waals surface area contributed by atoms with E-state index >= 15 is 0 Å². The van der Waals surface area contributed by atoms with Crippen molar-refractivity contribution in [2.45, 2.75) is 40.5 Å². The number of benzene rings is 1. The molecule has 2 saturated heterocycles. The lowest BCUT2D eigenvalue weighted by Gasteiger charge is -2.38. The standard InChI is InChI=1S/C33H45N9O2/c1-22-6-7-24(32(44)38-28(34)19-27(43)33(2,3)4)18-26(22)37-31-30-25(35-21-36-31)8-9-29(39-30)42-16-14-41(15-17-42)20-23-10-12-40(5)13-11-23/h6-9,18-19,21,23,43H,10-17,20H2,1-5H3,(H2,34,38,44)(H,35,36,37)/b27-19-. The minimum Gasteiger partial charge on any atom is -0.512 e. The number of aliphatic hydroxyl groups is 1. The molecule has 2 aliphatic rings. The van der Waals surface area contributed by atoms with E-state index in [1.165, 1.54) is 44.9 Å². The average Bonchev–Trinajstić information content (AvgIpc) is 2.99. The van der Waals surface area contributed by atoms with E-state index in [9.17, 15) is 9.90 Å². The van der Waals surface area contributed by atoms with Crippen molar-refractivity contribution < 1.29 is 9.90 Å². The second-order valence-electron chi connectivity index (χ2n) is 13.1. The molecule has 234 valence electrons. The Morgan fingerprint density at radius 2 is 1.82 bits per heavy atom. The summed E-state index contributed by atoms with van der Waals surface area (Å²) in [6.45, 7) is 15.0. The molecule has 0 bridgehead atoms. The molecule has 11 heteroatoms. The molecule has 44 heavy (non-hydrogen) atoms. The van der Waals surface area contributed by atoms with Crippen LogP contribution in [0.1, 0.15) is 49.5 Å². The van der Waals surface area contributed by atoms with Crippen LogP contribution in [0, 0.1) is 18.3 Å². The molecule has 0 unspecified atom stereocenters. The number of nitrogens with two attached hydrogens (primary N) is 1. The summed E-state index contributed by atoms with van der Waals surface area (Å²) in [5.41, 5.74) is 8.82. The highest BCUT2D eigenvalue weighted by Crippen LogP contribution is 2.28. The Labute approximate surface area is 259 Å². The summed E-state index contributed by atoms with van der Waals surface area (Å²) >= 11 is 0. The van der Waals surface area contributed by atoms with Gasteiger partial charge in [0.15, 0.2) is 5.82 Å². The van der Waals surface area contributed by atoms with Crippen LogP contribution in [-0.2, 0) is 0 Å². The lowest BCUT2D eigenvalue weighted by Crippen LogP contribution is -2.49. The summed E-state index contributed by atoms with van der Waals surface area (Å²) in [6, 6.07) is 9.29. The van der Waals surface area contributed by atoms with E-state index in [2.05, 4.69) is 42.0 Å².